The Kier molecular flexibility index (Phi) is 5.45. The summed E-state index contributed by atoms with van der Waals surface area (Å²) in [7, 11) is 0. The quantitative estimate of drug-likeness (QED) is 0.464. The lowest BCUT2D eigenvalue weighted by atomic mass is 10.2. The second-order valence-corrected chi connectivity index (χ2v) is 5.37. The van der Waals surface area contributed by atoms with Crippen LogP contribution < -0.4 is 9.47 Å². The van der Waals surface area contributed by atoms with E-state index >= 15 is 0 Å². The minimum Gasteiger partial charge on any atom is -0.486 e. The summed E-state index contributed by atoms with van der Waals surface area (Å²) < 4.78 is 16.2. The van der Waals surface area contributed by atoms with Crippen LogP contribution in [0.4, 0.5) is 0 Å². The highest BCUT2D eigenvalue weighted by molar-refractivity contribution is 5.87. The number of carbonyl (C=O) groups is 1. The van der Waals surface area contributed by atoms with Gasteiger partial charge in [0.25, 0.3) is 0 Å². The molecule has 2 heterocycles. The van der Waals surface area contributed by atoms with Crippen LogP contribution in [0.3, 0.4) is 0 Å². The third-order valence-electron chi connectivity index (χ3n) is 3.56. The first-order valence-electron chi connectivity index (χ1n) is 7.95. The van der Waals surface area contributed by atoms with E-state index in [1.807, 2.05) is 36.5 Å². The third-order valence-corrected chi connectivity index (χ3v) is 3.56. The van der Waals surface area contributed by atoms with E-state index in [0.717, 1.165) is 29.7 Å². The first-order chi connectivity index (χ1) is 11.8. The van der Waals surface area contributed by atoms with Crippen molar-refractivity contribution in [1.29, 1.82) is 0 Å². The van der Waals surface area contributed by atoms with Crippen LogP contribution in [-0.4, -0.2) is 30.8 Å². The topological polar surface area (TPSA) is 57.7 Å². The second-order valence-electron chi connectivity index (χ2n) is 5.37. The number of esters is 1. The molecule has 0 amide bonds. The Morgan fingerprint density at radius 1 is 1.21 bits per heavy atom. The zero-order valence-corrected chi connectivity index (χ0v) is 13.3. The van der Waals surface area contributed by atoms with Crippen molar-refractivity contribution in [3.05, 3.63) is 59.9 Å². The van der Waals surface area contributed by atoms with Crippen molar-refractivity contribution in [2.75, 3.05) is 19.8 Å². The zero-order valence-electron chi connectivity index (χ0n) is 13.3. The Balaban J connectivity index is 1.43. The number of hydrogen-bond donors (Lipinski definition) is 0. The van der Waals surface area contributed by atoms with Crippen molar-refractivity contribution in [3.63, 3.8) is 0 Å². The first-order valence-corrected chi connectivity index (χ1v) is 7.95. The second kappa shape index (κ2) is 8.15. The summed E-state index contributed by atoms with van der Waals surface area (Å²) in [6.07, 6.45) is 8.31. The molecule has 24 heavy (non-hydrogen) atoms. The summed E-state index contributed by atoms with van der Waals surface area (Å²) in [5.41, 5.74) is 2.01. The molecule has 0 radical (unpaired) electrons. The molecule has 2 aromatic rings. The van der Waals surface area contributed by atoms with E-state index in [1.54, 1.807) is 12.3 Å². The monoisotopic (exact) mass is 325 g/mol. The molecule has 0 saturated heterocycles. The van der Waals surface area contributed by atoms with Crippen LogP contribution in [0.25, 0.3) is 6.08 Å². The fraction of sp³-hybridized carbons (Fsp3) is 0.263. The molecule has 1 aromatic heterocycles. The number of ether oxygens (including phenoxy) is 3. The Bertz CT molecular complexity index is 713. The maximum Gasteiger partial charge on any atom is 0.330 e. The van der Waals surface area contributed by atoms with E-state index in [0.29, 0.717) is 25.6 Å². The number of hydrogen-bond acceptors (Lipinski definition) is 5. The van der Waals surface area contributed by atoms with Gasteiger partial charge in [0.1, 0.15) is 13.2 Å². The van der Waals surface area contributed by atoms with Crippen LogP contribution in [-0.2, 0) is 16.0 Å². The van der Waals surface area contributed by atoms with Crippen LogP contribution in [0.1, 0.15) is 17.5 Å². The zero-order chi connectivity index (χ0) is 16.6. The van der Waals surface area contributed by atoms with E-state index < -0.39 is 0 Å². The van der Waals surface area contributed by atoms with Crippen LogP contribution in [0, 0.1) is 0 Å². The van der Waals surface area contributed by atoms with Crippen LogP contribution in [0.15, 0.2) is 48.8 Å². The van der Waals surface area contributed by atoms with Gasteiger partial charge >= 0.3 is 5.97 Å². The largest absolute Gasteiger partial charge is 0.486 e. The van der Waals surface area contributed by atoms with Gasteiger partial charge in [0.15, 0.2) is 11.5 Å². The molecule has 0 fully saturated rings. The van der Waals surface area contributed by atoms with E-state index in [9.17, 15) is 4.79 Å². The lowest BCUT2D eigenvalue weighted by molar-refractivity contribution is -0.137. The van der Waals surface area contributed by atoms with Crippen molar-refractivity contribution in [2.24, 2.45) is 0 Å². The lowest BCUT2D eigenvalue weighted by Crippen LogP contribution is -2.15. The summed E-state index contributed by atoms with van der Waals surface area (Å²) in [6.45, 7) is 1.49. The third kappa shape index (κ3) is 4.59. The molecule has 0 bridgehead atoms. The maximum absolute atomic E-state index is 11.7. The molecule has 1 aliphatic heterocycles. The van der Waals surface area contributed by atoms with Crippen molar-refractivity contribution in [1.82, 2.24) is 4.98 Å². The van der Waals surface area contributed by atoms with Crippen LogP contribution in [0.2, 0.25) is 0 Å². The molecular formula is C19H19NO4. The highest BCUT2D eigenvalue weighted by Gasteiger charge is 2.10. The van der Waals surface area contributed by atoms with E-state index in [1.165, 1.54) is 6.08 Å². The van der Waals surface area contributed by atoms with Crippen LogP contribution in [0.5, 0.6) is 11.5 Å². The van der Waals surface area contributed by atoms with Gasteiger partial charge in [0.2, 0.25) is 0 Å². The SMILES string of the molecule is O=C(/C=C/c1ccc2c(c1)OCCO2)OCCCc1cccnc1. The van der Waals surface area contributed by atoms with Gasteiger partial charge in [-0.25, -0.2) is 4.79 Å². The van der Waals surface area contributed by atoms with E-state index in [4.69, 9.17) is 14.2 Å². The number of aromatic nitrogens is 1. The number of benzene rings is 1. The van der Waals surface area contributed by atoms with Gasteiger partial charge in [0.05, 0.1) is 6.61 Å². The Morgan fingerprint density at radius 2 is 2.08 bits per heavy atom. The minimum atomic E-state index is -0.351. The van der Waals surface area contributed by atoms with Gasteiger partial charge in [-0.2, -0.15) is 0 Å². The standard InChI is InChI=1S/C19H19NO4/c21-19(24-10-2-4-16-3-1-9-20-14-16)8-6-15-5-7-17-18(13-15)23-12-11-22-17/h1,3,5-9,13-14H,2,4,10-12H2/b8-6+. The molecule has 1 aromatic carbocycles. The number of fused-ring (bicyclic) bond motifs is 1. The molecule has 0 unspecified atom stereocenters. The van der Waals surface area contributed by atoms with Gasteiger partial charge in [-0.3, -0.25) is 4.98 Å². The van der Waals surface area contributed by atoms with Crippen molar-refractivity contribution >= 4 is 12.0 Å². The van der Waals surface area contributed by atoms with Crippen molar-refractivity contribution < 1.29 is 19.0 Å². The van der Waals surface area contributed by atoms with Gasteiger partial charge in [-0.1, -0.05) is 12.1 Å². The van der Waals surface area contributed by atoms with Gasteiger partial charge < -0.3 is 14.2 Å². The van der Waals surface area contributed by atoms with Crippen molar-refractivity contribution in [3.8, 4) is 11.5 Å². The number of pyridine rings is 1. The minimum absolute atomic E-state index is 0.351. The predicted octanol–water partition coefficient (Wildman–Crippen LogP) is 3.04. The highest BCUT2D eigenvalue weighted by Crippen LogP contribution is 2.31. The molecule has 0 N–H and O–H groups in total. The van der Waals surface area contributed by atoms with E-state index in [2.05, 4.69) is 4.98 Å². The molecule has 0 atom stereocenters. The molecule has 0 saturated carbocycles. The summed E-state index contributed by atoms with van der Waals surface area (Å²) in [4.78, 5) is 15.8. The summed E-state index contributed by atoms with van der Waals surface area (Å²) in [5.74, 6) is 1.08. The highest BCUT2D eigenvalue weighted by atomic mass is 16.6. The molecular weight excluding hydrogens is 306 g/mol. The first kappa shape index (κ1) is 16.1. The molecule has 0 aliphatic carbocycles. The number of aryl methyl sites for hydroxylation is 1. The summed E-state index contributed by atoms with van der Waals surface area (Å²) >= 11 is 0. The average Bonchev–Trinajstić information content (AvgIpc) is 2.64. The van der Waals surface area contributed by atoms with Crippen LogP contribution >= 0.6 is 0 Å². The normalized spacial score (nSPS) is 13.0. The molecule has 1 aliphatic rings. The van der Waals surface area contributed by atoms with Crippen molar-refractivity contribution in [2.45, 2.75) is 12.8 Å². The van der Waals surface area contributed by atoms with Gasteiger partial charge in [-0.15, -0.1) is 0 Å². The molecule has 5 nitrogen and oxygen atoms in total. The van der Waals surface area contributed by atoms with Gasteiger partial charge in [0, 0.05) is 18.5 Å². The van der Waals surface area contributed by atoms with E-state index in [-0.39, 0.29) is 5.97 Å². The number of rotatable bonds is 6. The Morgan fingerprint density at radius 3 is 2.92 bits per heavy atom. The summed E-state index contributed by atoms with van der Waals surface area (Å²) in [5, 5.41) is 0. The molecule has 124 valence electrons. The molecule has 3 rings (SSSR count). The molecule has 0 spiro atoms. The predicted molar refractivity (Wildman–Crippen MR) is 90.0 cm³/mol. The Labute approximate surface area is 140 Å². The summed E-state index contributed by atoms with van der Waals surface area (Å²) in [6, 6.07) is 9.47. The number of nitrogens with zero attached hydrogens (tertiary/aromatic N) is 1. The lowest BCUT2D eigenvalue weighted by Gasteiger charge is -2.18. The molecule has 5 heteroatoms. The smallest absolute Gasteiger partial charge is 0.330 e. The number of carbonyl (C=O) groups excluding carboxylic acids is 1. The maximum atomic E-state index is 11.7. The fourth-order valence-electron chi connectivity index (χ4n) is 2.37. The van der Waals surface area contributed by atoms with Gasteiger partial charge in [-0.05, 0) is 48.2 Å². The Hall–Kier alpha value is -2.82. The average molecular weight is 325 g/mol. The fourth-order valence-corrected chi connectivity index (χ4v) is 2.37.